The lowest BCUT2D eigenvalue weighted by Crippen LogP contribution is -2.41. The fraction of sp³-hybridized carbons (Fsp3) is 0.538. The van der Waals surface area contributed by atoms with E-state index in [1.807, 2.05) is 18.2 Å². The van der Waals surface area contributed by atoms with E-state index in [1.165, 1.54) is 5.56 Å². The zero-order valence-electron chi connectivity index (χ0n) is 10.2. The number of alkyl halides is 3. The van der Waals surface area contributed by atoms with E-state index >= 15 is 0 Å². The first-order valence-corrected chi connectivity index (χ1v) is 7.92. The van der Waals surface area contributed by atoms with Gasteiger partial charge in [0.15, 0.2) is 0 Å². The molecule has 0 radical (unpaired) electrons. The molecular weight excluding hydrogens is 339 g/mol. The second-order valence-electron chi connectivity index (χ2n) is 4.64. The maximum Gasteiger partial charge on any atom is 0.441 e. The molecule has 1 saturated carbocycles. The van der Waals surface area contributed by atoms with E-state index in [9.17, 15) is 13.2 Å². The van der Waals surface area contributed by atoms with E-state index in [-0.39, 0.29) is 17.5 Å². The largest absolute Gasteiger partial charge is 0.441 e. The summed E-state index contributed by atoms with van der Waals surface area (Å²) < 4.78 is 36.9. The second-order valence-corrected chi connectivity index (χ2v) is 6.65. The summed E-state index contributed by atoms with van der Waals surface area (Å²) in [5.41, 5.74) is -2.82. The Morgan fingerprint density at radius 1 is 1.26 bits per heavy atom. The fourth-order valence-corrected chi connectivity index (χ4v) is 3.33. The number of hydrogen-bond acceptors (Lipinski definition) is 2. The topological polar surface area (TPSA) is 12.0 Å². The SMILES string of the molecule is FC(F)(F)SCCNC1CC(c2ccccc2Br)C1. The first-order chi connectivity index (χ1) is 8.96. The van der Waals surface area contributed by atoms with Crippen molar-refractivity contribution >= 4 is 27.7 Å². The van der Waals surface area contributed by atoms with Crippen LogP contribution in [0.2, 0.25) is 0 Å². The summed E-state index contributed by atoms with van der Waals surface area (Å²) >= 11 is 3.57. The van der Waals surface area contributed by atoms with Crippen molar-refractivity contribution in [2.24, 2.45) is 0 Å². The quantitative estimate of drug-likeness (QED) is 0.780. The van der Waals surface area contributed by atoms with Gasteiger partial charge in [-0.05, 0) is 42.2 Å². The summed E-state index contributed by atoms with van der Waals surface area (Å²) in [5, 5.41) is 3.17. The van der Waals surface area contributed by atoms with Gasteiger partial charge >= 0.3 is 5.51 Å². The van der Waals surface area contributed by atoms with Crippen LogP contribution in [0.25, 0.3) is 0 Å². The minimum Gasteiger partial charge on any atom is -0.313 e. The molecule has 2 rings (SSSR count). The molecule has 0 atom stereocenters. The summed E-state index contributed by atoms with van der Waals surface area (Å²) in [7, 11) is 0. The molecule has 1 aliphatic rings. The number of nitrogens with one attached hydrogen (secondary N) is 1. The lowest BCUT2D eigenvalue weighted by Gasteiger charge is -2.37. The highest BCUT2D eigenvalue weighted by Gasteiger charge is 2.31. The Labute approximate surface area is 123 Å². The molecule has 6 heteroatoms. The van der Waals surface area contributed by atoms with Gasteiger partial charge in [0.05, 0.1) is 0 Å². The van der Waals surface area contributed by atoms with E-state index in [0.29, 0.717) is 18.5 Å². The van der Waals surface area contributed by atoms with Gasteiger partial charge in [0.1, 0.15) is 0 Å². The Hall–Kier alpha value is -0.200. The predicted molar refractivity (Wildman–Crippen MR) is 76.4 cm³/mol. The van der Waals surface area contributed by atoms with Crippen molar-refractivity contribution in [3.63, 3.8) is 0 Å². The molecule has 1 aromatic rings. The summed E-state index contributed by atoms with van der Waals surface area (Å²) in [4.78, 5) is 0. The van der Waals surface area contributed by atoms with Crippen LogP contribution in [-0.2, 0) is 0 Å². The van der Waals surface area contributed by atoms with Crippen LogP contribution in [0.4, 0.5) is 13.2 Å². The van der Waals surface area contributed by atoms with E-state index < -0.39 is 5.51 Å². The van der Waals surface area contributed by atoms with Crippen LogP contribution in [0, 0.1) is 0 Å². The Morgan fingerprint density at radius 2 is 1.95 bits per heavy atom. The van der Waals surface area contributed by atoms with E-state index in [2.05, 4.69) is 27.3 Å². The molecule has 1 aromatic carbocycles. The van der Waals surface area contributed by atoms with Gasteiger partial charge in [-0.3, -0.25) is 0 Å². The van der Waals surface area contributed by atoms with Gasteiger partial charge in [0.25, 0.3) is 0 Å². The van der Waals surface area contributed by atoms with Gasteiger partial charge < -0.3 is 5.32 Å². The molecule has 0 aliphatic heterocycles. The highest BCUT2D eigenvalue weighted by Crippen LogP contribution is 2.40. The molecule has 0 bridgehead atoms. The van der Waals surface area contributed by atoms with Crippen LogP contribution in [0.5, 0.6) is 0 Å². The molecule has 0 amide bonds. The molecule has 0 aromatic heterocycles. The standard InChI is InChI=1S/C13H15BrF3NS/c14-12-4-2-1-3-11(12)9-7-10(8-9)18-5-6-19-13(15,16)17/h1-4,9-10,18H,5-8H2. The molecule has 0 spiro atoms. The van der Waals surface area contributed by atoms with Gasteiger partial charge in [-0.15, -0.1) is 0 Å². The van der Waals surface area contributed by atoms with Crippen molar-refractivity contribution in [2.45, 2.75) is 30.3 Å². The van der Waals surface area contributed by atoms with Crippen LogP contribution in [0.1, 0.15) is 24.3 Å². The predicted octanol–water partition coefficient (Wildman–Crippen LogP) is 4.54. The third-order valence-corrected chi connectivity index (χ3v) is 4.74. The number of rotatable bonds is 5. The summed E-state index contributed by atoms with van der Waals surface area (Å²) in [5.74, 6) is 0.600. The monoisotopic (exact) mass is 353 g/mol. The highest BCUT2D eigenvalue weighted by molar-refractivity contribution is 9.10. The minimum atomic E-state index is -4.11. The number of hydrogen-bond donors (Lipinski definition) is 1. The maximum atomic E-state index is 11.9. The van der Waals surface area contributed by atoms with E-state index in [1.54, 1.807) is 0 Å². The molecule has 0 saturated heterocycles. The lowest BCUT2D eigenvalue weighted by molar-refractivity contribution is -0.0327. The average Bonchev–Trinajstić information content (AvgIpc) is 2.27. The first-order valence-electron chi connectivity index (χ1n) is 6.14. The molecule has 1 N–H and O–H groups in total. The third-order valence-electron chi connectivity index (χ3n) is 3.28. The Bertz CT molecular complexity index is 419. The van der Waals surface area contributed by atoms with Crippen LogP contribution >= 0.6 is 27.7 Å². The minimum absolute atomic E-state index is 0.0398. The van der Waals surface area contributed by atoms with Crippen LogP contribution in [0.3, 0.4) is 0 Å². The van der Waals surface area contributed by atoms with Crippen molar-refractivity contribution < 1.29 is 13.2 Å². The lowest BCUT2D eigenvalue weighted by atomic mass is 9.76. The Balaban J connectivity index is 1.66. The zero-order chi connectivity index (χ0) is 13.9. The smallest absolute Gasteiger partial charge is 0.313 e. The number of halogens is 4. The molecule has 1 aliphatic carbocycles. The van der Waals surface area contributed by atoms with Crippen LogP contribution in [0.15, 0.2) is 28.7 Å². The van der Waals surface area contributed by atoms with Crippen LogP contribution in [-0.4, -0.2) is 23.8 Å². The second kappa shape index (κ2) is 6.50. The molecule has 19 heavy (non-hydrogen) atoms. The summed E-state index contributed by atoms with van der Waals surface area (Å²) in [6.07, 6.45) is 2.00. The normalized spacial score (nSPS) is 23.2. The molecule has 0 heterocycles. The average molecular weight is 354 g/mol. The highest BCUT2D eigenvalue weighted by atomic mass is 79.9. The number of thioether (sulfide) groups is 1. The molecule has 1 nitrogen and oxygen atoms in total. The molecule has 0 unspecified atom stereocenters. The third kappa shape index (κ3) is 4.68. The summed E-state index contributed by atoms with van der Waals surface area (Å²) in [6, 6.07) is 8.48. The van der Waals surface area contributed by atoms with Crippen molar-refractivity contribution in [2.75, 3.05) is 12.3 Å². The van der Waals surface area contributed by atoms with Crippen molar-refractivity contribution in [1.82, 2.24) is 5.32 Å². The van der Waals surface area contributed by atoms with Gasteiger partial charge in [0.2, 0.25) is 0 Å². The fourth-order valence-electron chi connectivity index (χ4n) is 2.27. The van der Waals surface area contributed by atoms with Crippen LogP contribution < -0.4 is 5.32 Å². The maximum absolute atomic E-state index is 11.9. The van der Waals surface area contributed by atoms with E-state index in [0.717, 1.165) is 17.3 Å². The van der Waals surface area contributed by atoms with Crippen molar-refractivity contribution in [1.29, 1.82) is 0 Å². The van der Waals surface area contributed by atoms with Gasteiger partial charge in [-0.2, -0.15) is 13.2 Å². The Kier molecular flexibility index (Phi) is 5.20. The summed E-state index contributed by atoms with van der Waals surface area (Å²) in [6.45, 7) is 0.414. The van der Waals surface area contributed by atoms with Crippen molar-refractivity contribution in [3.05, 3.63) is 34.3 Å². The van der Waals surface area contributed by atoms with Gasteiger partial charge in [-0.1, -0.05) is 34.1 Å². The molecule has 106 valence electrons. The van der Waals surface area contributed by atoms with Crippen molar-refractivity contribution in [3.8, 4) is 0 Å². The first kappa shape index (κ1) is 15.2. The van der Waals surface area contributed by atoms with Gasteiger partial charge in [-0.25, -0.2) is 0 Å². The molecule has 1 fully saturated rings. The number of benzene rings is 1. The van der Waals surface area contributed by atoms with E-state index in [4.69, 9.17) is 0 Å². The van der Waals surface area contributed by atoms with Gasteiger partial charge in [0, 0.05) is 22.8 Å². The Morgan fingerprint density at radius 3 is 2.58 bits per heavy atom. The zero-order valence-corrected chi connectivity index (χ0v) is 12.6. The molecular formula is C13H15BrF3NS.